The zero-order chi connectivity index (χ0) is 14.6. The molecule has 2 heterocycles. The molecule has 0 aliphatic carbocycles. The third-order valence-electron chi connectivity index (χ3n) is 3.32. The van der Waals surface area contributed by atoms with E-state index < -0.39 is 17.5 Å². The number of nitrogens with one attached hydrogen (secondary N) is 2. The molecule has 110 valence electrons. The lowest BCUT2D eigenvalue weighted by molar-refractivity contribution is -0.144. The van der Waals surface area contributed by atoms with Gasteiger partial charge in [-0.25, -0.2) is 9.59 Å². The fourth-order valence-corrected chi connectivity index (χ4v) is 2.07. The number of hydrogen-bond donors (Lipinski definition) is 3. The minimum atomic E-state index is -1.61. The maximum absolute atomic E-state index is 11.8. The molecule has 7 nitrogen and oxygen atoms in total. The van der Waals surface area contributed by atoms with Gasteiger partial charge in [0, 0.05) is 13.2 Å². The SMILES string of the molecule is CC(NC(=O)NCC1CCCO1)(C(=O)O)c1ccco1. The second-order valence-corrected chi connectivity index (χ2v) is 4.88. The van der Waals surface area contributed by atoms with Crippen molar-refractivity contribution in [3.63, 3.8) is 0 Å². The van der Waals surface area contributed by atoms with Gasteiger partial charge in [-0.3, -0.25) is 0 Å². The Morgan fingerprint density at radius 2 is 2.35 bits per heavy atom. The van der Waals surface area contributed by atoms with E-state index in [1.54, 1.807) is 6.07 Å². The van der Waals surface area contributed by atoms with Crippen LogP contribution in [0.5, 0.6) is 0 Å². The minimum absolute atomic E-state index is 0.000414. The Kier molecular flexibility index (Phi) is 4.29. The van der Waals surface area contributed by atoms with Crippen molar-refractivity contribution < 1.29 is 23.8 Å². The van der Waals surface area contributed by atoms with E-state index in [9.17, 15) is 14.7 Å². The highest BCUT2D eigenvalue weighted by atomic mass is 16.5. The quantitative estimate of drug-likeness (QED) is 0.749. The highest BCUT2D eigenvalue weighted by Crippen LogP contribution is 2.21. The van der Waals surface area contributed by atoms with Gasteiger partial charge in [0.25, 0.3) is 0 Å². The summed E-state index contributed by atoms with van der Waals surface area (Å²) < 4.78 is 10.5. The van der Waals surface area contributed by atoms with Crippen LogP contribution in [0.2, 0.25) is 0 Å². The maximum Gasteiger partial charge on any atom is 0.337 e. The molecule has 0 aromatic carbocycles. The number of carboxylic acids is 1. The van der Waals surface area contributed by atoms with E-state index in [4.69, 9.17) is 9.15 Å². The summed E-state index contributed by atoms with van der Waals surface area (Å²) in [4.78, 5) is 23.2. The summed E-state index contributed by atoms with van der Waals surface area (Å²) in [5.41, 5.74) is -1.61. The number of carbonyl (C=O) groups is 2. The molecule has 2 atom stereocenters. The van der Waals surface area contributed by atoms with Gasteiger partial charge in [-0.05, 0) is 31.9 Å². The Balaban J connectivity index is 1.94. The van der Waals surface area contributed by atoms with Crippen LogP contribution in [0.25, 0.3) is 0 Å². The summed E-state index contributed by atoms with van der Waals surface area (Å²) >= 11 is 0. The number of ether oxygens (including phenoxy) is 1. The van der Waals surface area contributed by atoms with Crippen LogP contribution < -0.4 is 10.6 Å². The van der Waals surface area contributed by atoms with E-state index in [2.05, 4.69) is 10.6 Å². The monoisotopic (exact) mass is 282 g/mol. The van der Waals surface area contributed by atoms with Gasteiger partial charge in [-0.15, -0.1) is 0 Å². The maximum atomic E-state index is 11.8. The van der Waals surface area contributed by atoms with Gasteiger partial charge in [-0.1, -0.05) is 0 Å². The van der Waals surface area contributed by atoms with Crippen LogP contribution in [0.15, 0.2) is 22.8 Å². The van der Waals surface area contributed by atoms with Gasteiger partial charge < -0.3 is 24.9 Å². The molecule has 0 saturated carbocycles. The summed E-state index contributed by atoms with van der Waals surface area (Å²) in [5.74, 6) is -1.03. The fraction of sp³-hybridized carbons (Fsp3) is 0.538. The second kappa shape index (κ2) is 5.96. The Morgan fingerprint density at radius 3 is 2.90 bits per heavy atom. The van der Waals surface area contributed by atoms with Gasteiger partial charge in [0.1, 0.15) is 5.76 Å². The molecule has 1 aromatic rings. The molecular weight excluding hydrogens is 264 g/mol. The Bertz CT molecular complexity index is 467. The lowest BCUT2D eigenvalue weighted by Gasteiger charge is -2.24. The molecule has 7 heteroatoms. The van der Waals surface area contributed by atoms with Crippen molar-refractivity contribution in [2.24, 2.45) is 0 Å². The number of carbonyl (C=O) groups excluding carboxylic acids is 1. The summed E-state index contributed by atoms with van der Waals surface area (Å²) in [6.07, 6.45) is 3.24. The van der Waals surface area contributed by atoms with E-state index in [1.807, 2.05) is 0 Å². The van der Waals surface area contributed by atoms with Crippen LogP contribution in [0.3, 0.4) is 0 Å². The summed E-state index contributed by atoms with van der Waals surface area (Å²) in [7, 11) is 0. The van der Waals surface area contributed by atoms with Crippen LogP contribution in [0, 0.1) is 0 Å². The van der Waals surface area contributed by atoms with Crippen LogP contribution in [-0.4, -0.2) is 36.4 Å². The average molecular weight is 282 g/mol. The fourth-order valence-electron chi connectivity index (χ4n) is 2.07. The van der Waals surface area contributed by atoms with Gasteiger partial charge in [-0.2, -0.15) is 0 Å². The molecular formula is C13H18N2O5. The van der Waals surface area contributed by atoms with Crippen molar-refractivity contribution in [1.29, 1.82) is 0 Å². The van der Waals surface area contributed by atoms with Crippen molar-refractivity contribution >= 4 is 12.0 Å². The van der Waals surface area contributed by atoms with Crippen LogP contribution >= 0.6 is 0 Å². The third kappa shape index (κ3) is 3.11. The van der Waals surface area contributed by atoms with E-state index in [0.29, 0.717) is 13.2 Å². The first kappa shape index (κ1) is 14.4. The highest BCUT2D eigenvalue weighted by Gasteiger charge is 2.39. The van der Waals surface area contributed by atoms with Crippen molar-refractivity contribution in [3.8, 4) is 0 Å². The van der Waals surface area contributed by atoms with Crippen molar-refractivity contribution in [3.05, 3.63) is 24.2 Å². The standard InChI is InChI=1S/C13H18N2O5/c1-13(11(16)17,10-5-3-7-20-10)15-12(18)14-8-9-4-2-6-19-9/h3,5,7,9H,2,4,6,8H2,1H3,(H,16,17)(H2,14,15,18). The average Bonchev–Trinajstić information content (AvgIpc) is 3.09. The molecule has 1 aliphatic heterocycles. The van der Waals surface area contributed by atoms with Crippen molar-refractivity contribution in [2.75, 3.05) is 13.2 Å². The van der Waals surface area contributed by atoms with Crippen LogP contribution in [-0.2, 0) is 15.1 Å². The third-order valence-corrected chi connectivity index (χ3v) is 3.32. The molecule has 3 N–H and O–H groups in total. The predicted molar refractivity (Wildman–Crippen MR) is 69.2 cm³/mol. The van der Waals surface area contributed by atoms with Crippen LogP contribution in [0.4, 0.5) is 4.79 Å². The molecule has 1 aromatic heterocycles. The number of furan rings is 1. The molecule has 2 amide bonds. The number of aliphatic carboxylic acids is 1. The normalized spacial score (nSPS) is 21.1. The minimum Gasteiger partial charge on any atom is -0.479 e. The predicted octanol–water partition coefficient (Wildman–Crippen LogP) is 1.06. The molecule has 1 aliphatic rings. The first-order valence-electron chi connectivity index (χ1n) is 6.47. The number of rotatable bonds is 5. The van der Waals surface area contributed by atoms with E-state index in [1.165, 1.54) is 19.3 Å². The number of carboxylic acid groups (broad SMARTS) is 1. The molecule has 0 radical (unpaired) electrons. The van der Waals surface area contributed by atoms with E-state index >= 15 is 0 Å². The second-order valence-electron chi connectivity index (χ2n) is 4.88. The van der Waals surface area contributed by atoms with Crippen molar-refractivity contribution in [2.45, 2.75) is 31.4 Å². The summed E-state index contributed by atoms with van der Waals surface area (Å²) in [6.45, 7) is 2.44. The number of urea groups is 1. The number of amides is 2. The van der Waals surface area contributed by atoms with Crippen LogP contribution in [0.1, 0.15) is 25.5 Å². The smallest absolute Gasteiger partial charge is 0.337 e. The molecule has 2 unspecified atom stereocenters. The molecule has 20 heavy (non-hydrogen) atoms. The van der Waals surface area contributed by atoms with Gasteiger partial charge in [0.05, 0.1) is 12.4 Å². The molecule has 1 fully saturated rings. The zero-order valence-electron chi connectivity index (χ0n) is 11.2. The van der Waals surface area contributed by atoms with E-state index in [-0.39, 0.29) is 11.9 Å². The lowest BCUT2D eigenvalue weighted by atomic mass is 9.99. The Labute approximate surface area is 116 Å². The first-order valence-corrected chi connectivity index (χ1v) is 6.47. The molecule has 2 rings (SSSR count). The molecule has 1 saturated heterocycles. The van der Waals surface area contributed by atoms with E-state index in [0.717, 1.165) is 12.8 Å². The van der Waals surface area contributed by atoms with Gasteiger partial charge in [0.2, 0.25) is 0 Å². The summed E-state index contributed by atoms with van der Waals surface area (Å²) in [6, 6.07) is 2.51. The Morgan fingerprint density at radius 1 is 1.55 bits per heavy atom. The summed E-state index contributed by atoms with van der Waals surface area (Å²) in [5, 5.41) is 14.3. The lowest BCUT2D eigenvalue weighted by Crippen LogP contribution is -2.53. The molecule has 0 bridgehead atoms. The number of hydrogen-bond acceptors (Lipinski definition) is 4. The van der Waals surface area contributed by atoms with Gasteiger partial charge in [0.15, 0.2) is 5.54 Å². The zero-order valence-corrected chi connectivity index (χ0v) is 11.2. The topological polar surface area (TPSA) is 101 Å². The van der Waals surface area contributed by atoms with Crippen molar-refractivity contribution in [1.82, 2.24) is 10.6 Å². The molecule has 0 spiro atoms. The highest BCUT2D eigenvalue weighted by molar-refractivity contribution is 5.86. The Hall–Kier alpha value is -2.02. The largest absolute Gasteiger partial charge is 0.479 e. The van der Waals surface area contributed by atoms with Gasteiger partial charge >= 0.3 is 12.0 Å². The first-order chi connectivity index (χ1) is 9.52.